The second-order valence-electron chi connectivity index (χ2n) is 3.33. The summed E-state index contributed by atoms with van der Waals surface area (Å²) < 4.78 is 0. The minimum Gasteiger partial charge on any atom is -0.507 e. The topological polar surface area (TPSA) is 32.6 Å². The van der Waals surface area contributed by atoms with Crippen LogP contribution in [0.2, 0.25) is 0 Å². The molecule has 0 atom stereocenters. The summed E-state index contributed by atoms with van der Waals surface area (Å²) in [6.07, 6.45) is 16.3. The van der Waals surface area contributed by atoms with Crippen molar-refractivity contribution < 1.29 is 5.11 Å². The molecule has 0 rings (SSSR count). The number of rotatable bonds is 8. The molecule has 0 heterocycles. The van der Waals surface area contributed by atoms with Crippen LogP contribution in [-0.4, -0.2) is 11.3 Å². The van der Waals surface area contributed by atoms with Crippen molar-refractivity contribution in [3.05, 3.63) is 98.0 Å². The SMILES string of the molecule is C=C\C=C/C(=C\C=C)/N=C\C(=C\C=C)C(\O)=C/C=C. The lowest BCUT2D eigenvalue weighted by Gasteiger charge is -1.99. The molecule has 0 radical (unpaired) electrons. The first kappa shape index (κ1) is 16.4. The predicted molar refractivity (Wildman–Crippen MR) is 85.3 cm³/mol. The Morgan fingerprint density at radius 3 is 2.00 bits per heavy atom. The molecular formula is C17H19NO. The highest BCUT2D eigenvalue weighted by Crippen LogP contribution is 2.07. The highest BCUT2D eigenvalue weighted by Gasteiger charge is 1.97. The van der Waals surface area contributed by atoms with Crippen LogP contribution in [0.5, 0.6) is 0 Å². The summed E-state index contributed by atoms with van der Waals surface area (Å²) in [5.74, 6) is 0.0734. The minimum absolute atomic E-state index is 0.0734. The van der Waals surface area contributed by atoms with E-state index in [0.717, 1.165) is 0 Å². The van der Waals surface area contributed by atoms with Crippen molar-refractivity contribution in [2.45, 2.75) is 0 Å². The molecule has 0 saturated carbocycles. The van der Waals surface area contributed by atoms with E-state index in [-0.39, 0.29) is 5.76 Å². The van der Waals surface area contributed by atoms with E-state index >= 15 is 0 Å². The number of aliphatic hydroxyl groups is 1. The fraction of sp³-hybridized carbons (Fsp3) is 0. The zero-order valence-electron chi connectivity index (χ0n) is 11.0. The molecule has 0 bridgehead atoms. The molecule has 2 nitrogen and oxygen atoms in total. The van der Waals surface area contributed by atoms with Gasteiger partial charge in [-0.05, 0) is 18.2 Å². The van der Waals surface area contributed by atoms with Crippen LogP contribution >= 0.6 is 0 Å². The van der Waals surface area contributed by atoms with Gasteiger partial charge >= 0.3 is 0 Å². The first-order valence-corrected chi connectivity index (χ1v) is 5.70. The van der Waals surface area contributed by atoms with E-state index in [9.17, 15) is 5.11 Å². The van der Waals surface area contributed by atoms with Crippen LogP contribution in [0.4, 0.5) is 0 Å². The van der Waals surface area contributed by atoms with Crippen molar-refractivity contribution in [3.8, 4) is 0 Å². The Kier molecular flexibility index (Phi) is 9.09. The van der Waals surface area contributed by atoms with Gasteiger partial charge < -0.3 is 5.11 Å². The third-order valence-electron chi connectivity index (χ3n) is 1.91. The molecule has 0 aromatic heterocycles. The average Bonchev–Trinajstić information content (AvgIpc) is 2.40. The van der Waals surface area contributed by atoms with Crippen LogP contribution in [0, 0.1) is 0 Å². The highest BCUT2D eigenvalue weighted by atomic mass is 16.3. The van der Waals surface area contributed by atoms with E-state index in [4.69, 9.17) is 0 Å². The Morgan fingerprint density at radius 1 is 0.842 bits per heavy atom. The van der Waals surface area contributed by atoms with Gasteiger partial charge in [-0.2, -0.15) is 0 Å². The molecule has 0 aromatic carbocycles. The number of aliphatic hydroxyl groups excluding tert-OH is 1. The minimum atomic E-state index is 0.0734. The van der Waals surface area contributed by atoms with Crippen molar-refractivity contribution in [1.82, 2.24) is 0 Å². The second kappa shape index (κ2) is 10.5. The monoisotopic (exact) mass is 253 g/mol. The molecule has 0 aliphatic heterocycles. The molecule has 0 fully saturated rings. The van der Waals surface area contributed by atoms with Crippen molar-refractivity contribution in [2.24, 2.45) is 4.99 Å². The molecule has 19 heavy (non-hydrogen) atoms. The van der Waals surface area contributed by atoms with Gasteiger partial charge in [-0.25, -0.2) is 0 Å². The summed E-state index contributed by atoms with van der Waals surface area (Å²) in [7, 11) is 0. The smallest absolute Gasteiger partial charge is 0.124 e. The number of aliphatic imine (C=N–C) groups is 1. The van der Waals surface area contributed by atoms with E-state index in [1.807, 2.05) is 0 Å². The highest BCUT2D eigenvalue weighted by molar-refractivity contribution is 5.85. The summed E-state index contributed by atoms with van der Waals surface area (Å²) >= 11 is 0. The van der Waals surface area contributed by atoms with Gasteiger partial charge in [0.05, 0.1) is 5.70 Å². The first-order valence-electron chi connectivity index (χ1n) is 5.70. The van der Waals surface area contributed by atoms with E-state index in [2.05, 4.69) is 31.3 Å². The fourth-order valence-electron chi connectivity index (χ4n) is 1.10. The summed E-state index contributed by atoms with van der Waals surface area (Å²) in [6.45, 7) is 14.3. The summed E-state index contributed by atoms with van der Waals surface area (Å²) in [5.41, 5.74) is 1.23. The van der Waals surface area contributed by atoms with Gasteiger partial charge in [0, 0.05) is 11.8 Å². The maximum Gasteiger partial charge on any atom is 0.124 e. The van der Waals surface area contributed by atoms with Gasteiger partial charge in [-0.15, -0.1) is 0 Å². The lowest BCUT2D eigenvalue weighted by atomic mass is 10.2. The first-order chi connectivity index (χ1) is 9.19. The van der Waals surface area contributed by atoms with Crippen molar-refractivity contribution in [1.29, 1.82) is 0 Å². The Hall–Kier alpha value is -2.61. The van der Waals surface area contributed by atoms with Gasteiger partial charge in [0.2, 0.25) is 0 Å². The molecule has 0 saturated heterocycles. The maximum atomic E-state index is 9.77. The molecule has 0 aliphatic carbocycles. The molecule has 0 amide bonds. The average molecular weight is 253 g/mol. The van der Waals surface area contributed by atoms with Gasteiger partial charge in [-0.1, -0.05) is 62.8 Å². The van der Waals surface area contributed by atoms with Crippen molar-refractivity contribution in [3.63, 3.8) is 0 Å². The Morgan fingerprint density at radius 2 is 1.47 bits per heavy atom. The van der Waals surface area contributed by atoms with Crippen LogP contribution in [0.3, 0.4) is 0 Å². The number of allylic oxidation sites excluding steroid dienone is 10. The zero-order chi connectivity index (χ0) is 14.5. The maximum absolute atomic E-state index is 9.77. The number of nitrogens with zero attached hydrogens (tertiary/aromatic N) is 1. The standard InChI is InChI=1S/C17H19NO/c1-5-9-13-16(11-7-3)18-14-15(10-6-2)17(19)12-8-4/h5-14,19H,1-4H2/b13-9-,15-10-,16-11+,17-12+,18-14-. The van der Waals surface area contributed by atoms with Crippen LogP contribution in [0.25, 0.3) is 0 Å². The molecule has 0 unspecified atom stereocenters. The molecule has 0 aromatic rings. The molecular weight excluding hydrogens is 234 g/mol. The Bertz CT molecular complexity index is 485. The van der Waals surface area contributed by atoms with E-state index in [1.165, 1.54) is 12.2 Å². The fourth-order valence-corrected chi connectivity index (χ4v) is 1.10. The third kappa shape index (κ3) is 7.34. The van der Waals surface area contributed by atoms with Crippen LogP contribution in [0.1, 0.15) is 0 Å². The van der Waals surface area contributed by atoms with Gasteiger partial charge in [0.1, 0.15) is 5.76 Å². The van der Waals surface area contributed by atoms with E-state index < -0.39 is 0 Å². The molecule has 98 valence electrons. The molecule has 0 spiro atoms. The molecule has 1 N–H and O–H groups in total. The van der Waals surface area contributed by atoms with Gasteiger partial charge in [-0.3, -0.25) is 4.99 Å². The number of hydrogen-bond acceptors (Lipinski definition) is 2. The molecule has 0 aliphatic rings. The van der Waals surface area contributed by atoms with Crippen LogP contribution in [-0.2, 0) is 0 Å². The Labute approximate surface area is 115 Å². The zero-order valence-corrected chi connectivity index (χ0v) is 11.0. The molecule has 2 heteroatoms. The van der Waals surface area contributed by atoms with E-state index in [1.54, 1.807) is 48.7 Å². The van der Waals surface area contributed by atoms with Gasteiger partial charge in [0.25, 0.3) is 0 Å². The summed E-state index contributed by atoms with van der Waals surface area (Å²) in [4.78, 5) is 4.25. The summed E-state index contributed by atoms with van der Waals surface area (Å²) in [6, 6.07) is 0. The number of hydrogen-bond donors (Lipinski definition) is 1. The lowest BCUT2D eigenvalue weighted by Crippen LogP contribution is -1.90. The normalized spacial score (nSPS) is 13.8. The summed E-state index contributed by atoms with van der Waals surface area (Å²) in [5, 5.41) is 9.77. The Balaban J connectivity index is 5.27. The van der Waals surface area contributed by atoms with E-state index in [0.29, 0.717) is 11.3 Å². The largest absolute Gasteiger partial charge is 0.507 e. The quantitative estimate of drug-likeness (QED) is 0.382. The third-order valence-corrected chi connectivity index (χ3v) is 1.91. The van der Waals surface area contributed by atoms with Crippen LogP contribution in [0.15, 0.2) is 103 Å². The van der Waals surface area contributed by atoms with Crippen molar-refractivity contribution >= 4 is 6.21 Å². The lowest BCUT2D eigenvalue weighted by molar-refractivity contribution is 0.429. The van der Waals surface area contributed by atoms with Crippen LogP contribution < -0.4 is 0 Å². The van der Waals surface area contributed by atoms with Gasteiger partial charge in [0.15, 0.2) is 0 Å². The van der Waals surface area contributed by atoms with Crippen molar-refractivity contribution in [2.75, 3.05) is 0 Å². The second-order valence-corrected chi connectivity index (χ2v) is 3.33. The predicted octanol–water partition coefficient (Wildman–Crippen LogP) is 4.61.